The van der Waals surface area contributed by atoms with Crippen LogP contribution >= 0.6 is 23.4 Å². The van der Waals surface area contributed by atoms with Gasteiger partial charge in [0.25, 0.3) is 0 Å². The van der Waals surface area contributed by atoms with E-state index in [9.17, 15) is 19.5 Å². The Hall–Kier alpha value is -2.55. The number of rotatable bonds is 7. The van der Waals surface area contributed by atoms with Gasteiger partial charge in [0.05, 0.1) is 29.2 Å². The molecule has 3 aliphatic heterocycles. The number of aliphatic hydroxyl groups is 1. The molecule has 3 saturated heterocycles. The minimum atomic E-state index is -0.826. The third kappa shape index (κ3) is 3.90. The second kappa shape index (κ2) is 9.39. The smallest absolute Gasteiger partial charge is 0.248 e. The van der Waals surface area contributed by atoms with Crippen LogP contribution in [0.1, 0.15) is 25.3 Å². The van der Waals surface area contributed by atoms with Crippen molar-refractivity contribution in [3.63, 3.8) is 0 Å². The lowest BCUT2D eigenvalue weighted by Gasteiger charge is -2.37. The number of likely N-dealkylation sites (tertiary alicyclic amines) is 1. The molecule has 3 heterocycles. The number of anilines is 1. The molecule has 2 unspecified atom stereocenters. The lowest BCUT2D eigenvalue weighted by Crippen LogP contribution is -2.55. The summed E-state index contributed by atoms with van der Waals surface area (Å²) in [5.41, 5.74) is 1.54. The number of carbonyl (C=O) groups excluding carboxylic acids is 3. The van der Waals surface area contributed by atoms with Crippen molar-refractivity contribution in [1.82, 2.24) is 10.2 Å². The molecule has 2 bridgehead atoms. The highest BCUT2D eigenvalue weighted by Gasteiger charge is 2.77. The molecule has 6 atom stereocenters. The number of fused-ring (bicyclic) bond motifs is 1. The molecule has 0 aromatic heterocycles. The van der Waals surface area contributed by atoms with Gasteiger partial charge in [0, 0.05) is 22.5 Å². The Morgan fingerprint density at radius 1 is 1.14 bits per heavy atom. The standard InChI is InChI=1S/C27H30ClN3O4S/c1-26-12-13-27(36-26)21(20(26)23(33)29-2)25(35)31(19(15-32)14-16-6-4-3-5-7-16)22(27)24(34)30-18-10-8-17(28)9-11-18/h3-11,19-22,32H,12-15H2,1-2H3,(H,29,33)(H,30,34)/t19-,20+,21+,22?,26-,27?/m1/s1. The van der Waals surface area contributed by atoms with Gasteiger partial charge in [0.15, 0.2) is 0 Å². The first-order valence-corrected chi connectivity index (χ1v) is 13.4. The van der Waals surface area contributed by atoms with E-state index >= 15 is 0 Å². The maximum absolute atomic E-state index is 14.2. The second-order valence-corrected chi connectivity index (χ2v) is 12.4. The van der Waals surface area contributed by atoms with Gasteiger partial charge in [-0.25, -0.2) is 0 Å². The highest BCUT2D eigenvalue weighted by atomic mass is 35.5. The molecule has 36 heavy (non-hydrogen) atoms. The van der Waals surface area contributed by atoms with E-state index in [1.165, 1.54) is 0 Å². The largest absolute Gasteiger partial charge is 0.394 e. The van der Waals surface area contributed by atoms with Crippen LogP contribution in [-0.4, -0.2) is 63.0 Å². The monoisotopic (exact) mass is 527 g/mol. The SMILES string of the molecule is CNC(=O)[C@@H]1[C@H]2C(=O)N([C@@H](CO)Cc3ccccc3)C(C(=O)Nc3ccc(Cl)cc3)C23CC[C@@]1(C)S3. The summed E-state index contributed by atoms with van der Waals surface area (Å²) in [4.78, 5) is 42.8. The van der Waals surface area contributed by atoms with Gasteiger partial charge in [0.2, 0.25) is 17.7 Å². The number of benzene rings is 2. The van der Waals surface area contributed by atoms with Crippen molar-refractivity contribution in [2.24, 2.45) is 11.8 Å². The van der Waals surface area contributed by atoms with Crippen LogP contribution in [-0.2, 0) is 20.8 Å². The van der Waals surface area contributed by atoms with Crippen LogP contribution in [0, 0.1) is 11.8 Å². The normalized spacial score (nSPS) is 31.3. The highest BCUT2D eigenvalue weighted by Crippen LogP contribution is 2.71. The molecule has 5 rings (SSSR count). The summed E-state index contributed by atoms with van der Waals surface area (Å²) in [6.07, 6.45) is 1.79. The van der Waals surface area contributed by atoms with Gasteiger partial charge in [-0.2, -0.15) is 0 Å². The number of hydrogen-bond acceptors (Lipinski definition) is 5. The summed E-state index contributed by atoms with van der Waals surface area (Å²) in [6.45, 7) is 1.74. The molecule has 3 N–H and O–H groups in total. The Bertz CT molecular complexity index is 1180. The van der Waals surface area contributed by atoms with E-state index in [-0.39, 0.29) is 24.3 Å². The van der Waals surface area contributed by atoms with E-state index in [4.69, 9.17) is 11.6 Å². The van der Waals surface area contributed by atoms with Gasteiger partial charge < -0.3 is 20.6 Å². The number of halogens is 1. The first-order chi connectivity index (χ1) is 17.2. The van der Waals surface area contributed by atoms with E-state index in [0.29, 0.717) is 23.6 Å². The van der Waals surface area contributed by atoms with Crippen LogP contribution in [0.5, 0.6) is 0 Å². The first kappa shape index (κ1) is 25.1. The van der Waals surface area contributed by atoms with E-state index < -0.39 is 33.4 Å². The van der Waals surface area contributed by atoms with E-state index in [2.05, 4.69) is 10.6 Å². The Kier molecular flexibility index (Phi) is 6.55. The van der Waals surface area contributed by atoms with Gasteiger partial charge in [-0.1, -0.05) is 41.9 Å². The van der Waals surface area contributed by atoms with E-state index in [1.54, 1.807) is 48.0 Å². The number of aliphatic hydroxyl groups excluding tert-OH is 1. The highest BCUT2D eigenvalue weighted by molar-refractivity contribution is 8.02. The van der Waals surface area contributed by atoms with Crippen molar-refractivity contribution in [3.05, 3.63) is 65.2 Å². The summed E-state index contributed by atoms with van der Waals surface area (Å²) >= 11 is 7.63. The van der Waals surface area contributed by atoms with Gasteiger partial charge in [-0.05, 0) is 56.0 Å². The summed E-state index contributed by atoms with van der Waals surface area (Å²) in [5, 5.41) is 16.7. The lowest BCUT2D eigenvalue weighted by molar-refractivity contribution is -0.142. The fourth-order valence-electron chi connectivity index (χ4n) is 6.49. The quantitative estimate of drug-likeness (QED) is 0.514. The Labute approximate surface area is 220 Å². The van der Waals surface area contributed by atoms with Crippen LogP contribution < -0.4 is 10.6 Å². The molecule has 3 fully saturated rings. The first-order valence-electron chi connectivity index (χ1n) is 12.2. The van der Waals surface area contributed by atoms with Gasteiger partial charge >= 0.3 is 0 Å². The Balaban J connectivity index is 1.56. The Morgan fingerprint density at radius 3 is 2.47 bits per heavy atom. The molecular weight excluding hydrogens is 498 g/mol. The van der Waals surface area contributed by atoms with Crippen LogP contribution in [0.4, 0.5) is 5.69 Å². The van der Waals surface area contributed by atoms with Gasteiger partial charge in [0.1, 0.15) is 6.04 Å². The molecule has 190 valence electrons. The summed E-state index contributed by atoms with van der Waals surface area (Å²) in [5.74, 6) is -1.89. The number of nitrogens with one attached hydrogen (secondary N) is 2. The van der Waals surface area contributed by atoms with Crippen molar-refractivity contribution < 1.29 is 19.5 Å². The molecule has 0 aliphatic carbocycles. The second-order valence-electron chi connectivity index (χ2n) is 10.1. The summed E-state index contributed by atoms with van der Waals surface area (Å²) in [6, 6.07) is 15.0. The van der Waals surface area contributed by atoms with Crippen LogP contribution in [0.2, 0.25) is 5.02 Å². The van der Waals surface area contributed by atoms with Crippen molar-refractivity contribution >= 4 is 46.8 Å². The molecule has 1 spiro atoms. The van der Waals surface area contributed by atoms with Crippen molar-refractivity contribution in [3.8, 4) is 0 Å². The number of hydrogen-bond donors (Lipinski definition) is 3. The topological polar surface area (TPSA) is 98.7 Å². The fraction of sp³-hybridized carbons (Fsp3) is 0.444. The third-order valence-electron chi connectivity index (χ3n) is 8.02. The maximum atomic E-state index is 14.2. The zero-order chi connectivity index (χ0) is 25.7. The maximum Gasteiger partial charge on any atom is 0.248 e. The van der Waals surface area contributed by atoms with Gasteiger partial charge in [-0.15, -0.1) is 11.8 Å². The van der Waals surface area contributed by atoms with Crippen molar-refractivity contribution in [2.45, 2.75) is 47.8 Å². The minimum Gasteiger partial charge on any atom is -0.394 e. The summed E-state index contributed by atoms with van der Waals surface area (Å²) < 4.78 is -1.18. The number of carbonyl (C=O) groups is 3. The molecule has 0 radical (unpaired) electrons. The Morgan fingerprint density at radius 2 is 1.83 bits per heavy atom. The summed E-state index contributed by atoms with van der Waals surface area (Å²) in [7, 11) is 1.59. The number of thioether (sulfide) groups is 1. The zero-order valence-corrected chi connectivity index (χ0v) is 21.8. The van der Waals surface area contributed by atoms with E-state index in [0.717, 1.165) is 12.0 Å². The zero-order valence-electron chi connectivity index (χ0n) is 20.2. The van der Waals surface area contributed by atoms with Gasteiger partial charge in [-0.3, -0.25) is 14.4 Å². The van der Waals surface area contributed by atoms with E-state index in [1.807, 2.05) is 37.3 Å². The molecule has 7 nitrogen and oxygen atoms in total. The molecule has 0 saturated carbocycles. The van der Waals surface area contributed by atoms with Crippen LogP contribution in [0.3, 0.4) is 0 Å². The number of nitrogens with zero attached hydrogens (tertiary/aromatic N) is 1. The predicted octanol–water partition coefficient (Wildman–Crippen LogP) is 3.11. The molecule has 9 heteroatoms. The van der Waals surface area contributed by atoms with Crippen molar-refractivity contribution in [1.29, 1.82) is 0 Å². The van der Waals surface area contributed by atoms with Crippen molar-refractivity contribution in [2.75, 3.05) is 19.0 Å². The predicted molar refractivity (Wildman–Crippen MR) is 141 cm³/mol. The van der Waals surface area contributed by atoms with Crippen LogP contribution in [0.25, 0.3) is 0 Å². The number of amides is 3. The molecule has 3 aliphatic rings. The molecule has 3 amide bonds. The average Bonchev–Trinajstić information content (AvgIpc) is 3.45. The lowest BCUT2D eigenvalue weighted by atomic mass is 9.66. The fourth-order valence-corrected chi connectivity index (χ4v) is 8.96. The molecule has 2 aromatic carbocycles. The van der Waals surface area contributed by atoms with Crippen LogP contribution in [0.15, 0.2) is 54.6 Å². The molecule has 2 aromatic rings. The average molecular weight is 528 g/mol. The minimum absolute atomic E-state index is 0.174. The third-order valence-corrected chi connectivity index (χ3v) is 10.3. The molecular formula is C27H30ClN3O4S.